The number of carbonyl (C=O) groups is 1. The van der Waals surface area contributed by atoms with E-state index in [1.807, 2.05) is 19.9 Å². The molecule has 0 aromatic carbocycles. The van der Waals surface area contributed by atoms with Gasteiger partial charge in [0.15, 0.2) is 5.69 Å². The molecular weight excluding hydrogens is 344 g/mol. The van der Waals surface area contributed by atoms with Crippen molar-refractivity contribution >= 4 is 16.8 Å². The zero-order valence-corrected chi connectivity index (χ0v) is 15.5. The van der Waals surface area contributed by atoms with Crippen molar-refractivity contribution in [2.24, 2.45) is 5.92 Å². The molecule has 3 aromatic heterocycles. The summed E-state index contributed by atoms with van der Waals surface area (Å²) >= 11 is 0. The van der Waals surface area contributed by atoms with Gasteiger partial charge in [0.1, 0.15) is 12.1 Å². The van der Waals surface area contributed by atoms with E-state index < -0.39 is 5.60 Å². The van der Waals surface area contributed by atoms with Crippen LogP contribution in [0.15, 0.2) is 31.0 Å². The zero-order valence-electron chi connectivity index (χ0n) is 15.5. The highest BCUT2D eigenvalue weighted by atomic mass is 16.3. The van der Waals surface area contributed by atoms with Crippen molar-refractivity contribution in [1.82, 2.24) is 30.0 Å². The smallest absolute Gasteiger partial charge is 0.272 e. The Balaban J connectivity index is 1.54. The normalized spacial score (nSPS) is 20.7. The van der Waals surface area contributed by atoms with Gasteiger partial charge < -0.3 is 10.4 Å². The molecule has 8 heteroatoms. The van der Waals surface area contributed by atoms with Gasteiger partial charge in [-0.25, -0.2) is 9.97 Å². The lowest BCUT2D eigenvalue weighted by Crippen LogP contribution is -2.42. The molecule has 8 nitrogen and oxygen atoms in total. The van der Waals surface area contributed by atoms with Gasteiger partial charge in [0, 0.05) is 23.8 Å². The van der Waals surface area contributed by atoms with Crippen molar-refractivity contribution < 1.29 is 9.90 Å². The van der Waals surface area contributed by atoms with E-state index >= 15 is 0 Å². The molecule has 27 heavy (non-hydrogen) atoms. The standard InChI is InChI=1S/C19H24N6O2/c1-19(2,27)13-3-5-14(6-4-13)22-18(26)17-16-12(10-21-24-16)9-15(23-17)25-8-7-20-11-25/h7-11,13-14,27H,3-6H2,1-2H3,(H,21,24)(H,22,26). The molecule has 0 radical (unpaired) electrons. The maximum atomic E-state index is 12.9. The maximum absolute atomic E-state index is 12.9. The van der Waals surface area contributed by atoms with Crippen LogP contribution in [0.25, 0.3) is 16.7 Å². The summed E-state index contributed by atoms with van der Waals surface area (Å²) in [5, 5.41) is 21.0. The van der Waals surface area contributed by atoms with Gasteiger partial charge in [-0.1, -0.05) is 0 Å². The second kappa shape index (κ2) is 6.77. The van der Waals surface area contributed by atoms with Crippen LogP contribution >= 0.6 is 0 Å². The quantitative estimate of drug-likeness (QED) is 0.654. The number of imidazole rings is 1. The first kappa shape index (κ1) is 17.7. The van der Waals surface area contributed by atoms with Crippen molar-refractivity contribution in [3.8, 4) is 5.82 Å². The fraction of sp³-hybridized carbons (Fsp3) is 0.474. The minimum Gasteiger partial charge on any atom is -0.390 e. The molecule has 1 fully saturated rings. The number of hydrogen-bond acceptors (Lipinski definition) is 5. The van der Waals surface area contributed by atoms with E-state index in [9.17, 15) is 9.90 Å². The lowest BCUT2D eigenvalue weighted by Gasteiger charge is -2.36. The molecule has 3 N–H and O–H groups in total. The zero-order chi connectivity index (χ0) is 19.0. The van der Waals surface area contributed by atoms with E-state index in [-0.39, 0.29) is 17.9 Å². The fourth-order valence-electron chi connectivity index (χ4n) is 3.83. The summed E-state index contributed by atoms with van der Waals surface area (Å²) in [6.07, 6.45) is 10.3. The molecule has 0 spiro atoms. The van der Waals surface area contributed by atoms with Gasteiger partial charge in [-0.3, -0.25) is 14.5 Å². The highest BCUT2D eigenvalue weighted by molar-refractivity contribution is 6.04. The largest absolute Gasteiger partial charge is 0.390 e. The third kappa shape index (κ3) is 3.57. The minimum atomic E-state index is -0.669. The monoisotopic (exact) mass is 368 g/mol. The molecule has 1 aliphatic rings. The van der Waals surface area contributed by atoms with Crippen molar-refractivity contribution in [2.75, 3.05) is 0 Å². The number of fused-ring (bicyclic) bond motifs is 1. The Labute approximate surface area is 157 Å². The molecule has 0 atom stereocenters. The van der Waals surface area contributed by atoms with E-state index in [1.165, 1.54) is 0 Å². The molecule has 4 rings (SSSR count). The lowest BCUT2D eigenvalue weighted by molar-refractivity contribution is -0.00258. The van der Waals surface area contributed by atoms with E-state index in [4.69, 9.17) is 0 Å². The predicted molar refractivity (Wildman–Crippen MR) is 101 cm³/mol. The third-order valence-corrected chi connectivity index (χ3v) is 5.46. The molecule has 3 aromatic rings. The predicted octanol–water partition coefficient (Wildman–Crippen LogP) is 2.20. The summed E-state index contributed by atoms with van der Waals surface area (Å²) in [5.74, 6) is 0.683. The van der Waals surface area contributed by atoms with Crippen LogP contribution in [0.2, 0.25) is 0 Å². The van der Waals surface area contributed by atoms with Crippen molar-refractivity contribution in [3.63, 3.8) is 0 Å². The summed E-state index contributed by atoms with van der Waals surface area (Å²) in [6, 6.07) is 1.96. The van der Waals surface area contributed by atoms with Crippen LogP contribution in [-0.4, -0.2) is 47.4 Å². The first-order valence-corrected chi connectivity index (χ1v) is 9.27. The molecule has 0 saturated heterocycles. The molecule has 0 unspecified atom stereocenters. The van der Waals surface area contributed by atoms with Crippen LogP contribution in [0.4, 0.5) is 0 Å². The summed E-state index contributed by atoms with van der Waals surface area (Å²) in [5.41, 5.74) is 0.289. The van der Waals surface area contributed by atoms with Crippen molar-refractivity contribution in [1.29, 1.82) is 0 Å². The van der Waals surface area contributed by atoms with E-state index in [1.54, 1.807) is 29.5 Å². The maximum Gasteiger partial charge on any atom is 0.272 e. The molecule has 142 valence electrons. The molecule has 3 heterocycles. The summed E-state index contributed by atoms with van der Waals surface area (Å²) < 4.78 is 1.76. The second-order valence-corrected chi connectivity index (χ2v) is 7.81. The minimum absolute atomic E-state index is 0.0905. The number of rotatable bonds is 4. The highest BCUT2D eigenvalue weighted by Gasteiger charge is 2.32. The Morgan fingerprint density at radius 3 is 2.78 bits per heavy atom. The Kier molecular flexibility index (Phi) is 4.43. The van der Waals surface area contributed by atoms with Crippen molar-refractivity contribution in [2.45, 2.75) is 51.2 Å². The summed E-state index contributed by atoms with van der Waals surface area (Å²) in [7, 11) is 0. The Bertz CT molecular complexity index is 933. The number of pyridine rings is 1. The van der Waals surface area contributed by atoms with Gasteiger partial charge in [-0.15, -0.1) is 0 Å². The van der Waals surface area contributed by atoms with Crippen LogP contribution in [0.3, 0.4) is 0 Å². The third-order valence-electron chi connectivity index (χ3n) is 5.46. The van der Waals surface area contributed by atoms with Crippen LogP contribution in [0.5, 0.6) is 0 Å². The van der Waals surface area contributed by atoms with E-state index in [2.05, 4.69) is 25.5 Å². The highest BCUT2D eigenvalue weighted by Crippen LogP contribution is 2.32. The van der Waals surface area contributed by atoms with Gasteiger partial charge in [-0.2, -0.15) is 5.10 Å². The van der Waals surface area contributed by atoms with E-state index in [0.29, 0.717) is 17.0 Å². The van der Waals surface area contributed by atoms with Crippen molar-refractivity contribution in [3.05, 3.63) is 36.7 Å². The number of hydrogen-bond donors (Lipinski definition) is 3. The lowest BCUT2D eigenvalue weighted by atomic mass is 9.77. The number of amides is 1. The molecule has 1 amide bonds. The van der Waals surface area contributed by atoms with Gasteiger partial charge in [0.2, 0.25) is 0 Å². The van der Waals surface area contributed by atoms with Gasteiger partial charge >= 0.3 is 0 Å². The summed E-state index contributed by atoms with van der Waals surface area (Å²) in [4.78, 5) is 21.5. The van der Waals surface area contributed by atoms with Gasteiger partial charge in [0.05, 0.1) is 17.3 Å². The number of aromatic amines is 1. The Morgan fingerprint density at radius 1 is 1.33 bits per heavy atom. The molecule has 0 aliphatic heterocycles. The number of nitrogens with zero attached hydrogens (tertiary/aromatic N) is 4. The van der Waals surface area contributed by atoms with Crippen LogP contribution in [0.1, 0.15) is 50.0 Å². The van der Waals surface area contributed by atoms with Crippen LogP contribution in [0, 0.1) is 5.92 Å². The number of aromatic nitrogens is 5. The number of carbonyl (C=O) groups excluding carboxylic acids is 1. The molecule has 0 bridgehead atoms. The van der Waals surface area contributed by atoms with Gasteiger partial charge in [0.25, 0.3) is 5.91 Å². The first-order valence-electron chi connectivity index (χ1n) is 9.27. The van der Waals surface area contributed by atoms with E-state index in [0.717, 1.165) is 31.1 Å². The Hall–Kier alpha value is -2.74. The van der Waals surface area contributed by atoms with Crippen LogP contribution < -0.4 is 5.32 Å². The number of H-pyrrole nitrogens is 1. The molecule has 1 saturated carbocycles. The number of aliphatic hydroxyl groups is 1. The Morgan fingerprint density at radius 2 is 2.11 bits per heavy atom. The topological polar surface area (TPSA) is 109 Å². The number of nitrogens with one attached hydrogen (secondary N) is 2. The van der Waals surface area contributed by atoms with Crippen LogP contribution in [-0.2, 0) is 0 Å². The molecule has 1 aliphatic carbocycles. The van der Waals surface area contributed by atoms with Gasteiger partial charge in [-0.05, 0) is 51.5 Å². The average molecular weight is 368 g/mol. The fourth-order valence-corrected chi connectivity index (χ4v) is 3.83. The average Bonchev–Trinajstić information content (AvgIpc) is 3.32. The first-order chi connectivity index (χ1) is 12.9. The molecular formula is C19H24N6O2. The summed E-state index contributed by atoms with van der Waals surface area (Å²) in [6.45, 7) is 3.72. The SMILES string of the molecule is CC(C)(O)C1CCC(NC(=O)c2nc(-n3ccnc3)cc3cn[nH]c23)CC1. The second-order valence-electron chi connectivity index (χ2n) is 7.81.